The number of nitrogens with zero attached hydrogens (tertiary/aromatic N) is 1. The second-order valence-corrected chi connectivity index (χ2v) is 5.46. The lowest BCUT2D eigenvalue weighted by atomic mass is 10.2. The van der Waals surface area contributed by atoms with Crippen LogP contribution in [0.2, 0.25) is 0 Å². The predicted molar refractivity (Wildman–Crippen MR) is 64.3 cm³/mol. The SMILES string of the molecule is CCCC1=NS(=O)(=O)c2cc(C)ccc2N1. The molecule has 2 rings (SSSR count). The summed E-state index contributed by atoms with van der Waals surface area (Å²) in [6.07, 6.45) is 1.51. The van der Waals surface area contributed by atoms with Crippen LogP contribution < -0.4 is 5.32 Å². The molecule has 0 unspecified atom stereocenters. The average molecular weight is 238 g/mol. The second-order valence-electron chi connectivity index (χ2n) is 3.89. The van der Waals surface area contributed by atoms with Gasteiger partial charge in [-0.25, -0.2) is 0 Å². The van der Waals surface area contributed by atoms with Gasteiger partial charge in [0, 0.05) is 6.42 Å². The maximum atomic E-state index is 11.9. The smallest absolute Gasteiger partial charge is 0.286 e. The van der Waals surface area contributed by atoms with Crippen molar-refractivity contribution in [2.24, 2.45) is 4.40 Å². The molecule has 0 saturated carbocycles. The quantitative estimate of drug-likeness (QED) is 0.860. The molecule has 1 aromatic rings. The molecule has 0 spiro atoms. The van der Waals surface area contributed by atoms with Gasteiger partial charge in [0.15, 0.2) is 0 Å². The van der Waals surface area contributed by atoms with Gasteiger partial charge >= 0.3 is 0 Å². The number of amidine groups is 1. The van der Waals surface area contributed by atoms with E-state index < -0.39 is 10.0 Å². The standard InChI is InChI=1S/C11H14N2O2S/c1-3-4-11-12-9-6-5-8(2)7-10(9)16(14,15)13-11/h5-7H,3-4H2,1-2H3,(H,12,13). The molecule has 1 aliphatic rings. The first-order chi connectivity index (χ1) is 7.53. The molecule has 0 bridgehead atoms. The summed E-state index contributed by atoms with van der Waals surface area (Å²) in [7, 11) is -3.51. The molecule has 0 aromatic heterocycles. The van der Waals surface area contributed by atoms with Gasteiger partial charge in [0.25, 0.3) is 10.0 Å². The summed E-state index contributed by atoms with van der Waals surface area (Å²) in [5, 5.41) is 3.05. The molecule has 0 aliphatic carbocycles. The molecule has 0 fully saturated rings. The first kappa shape index (κ1) is 11.1. The lowest BCUT2D eigenvalue weighted by molar-refractivity contribution is 0.597. The van der Waals surface area contributed by atoms with Crippen LogP contribution >= 0.6 is 0 Å². The summed E-state index contributed by atoms with van der Waals surface area (Å²) < 4.78 is 27.5. The maximum Gasteiger partial charge on any atom is 0.286 e. The molecule has 86 valence electrons. The molecule has 5 heteroatoms. The Morgan fingerprint density at radius 3 is 2.81 bits per heavy atom. The average Bonchev–Trinajstić information content (AvgIpc) is 2.19. The van der Waals surface area contributed by atoms with Crippen LogP contribution in [0, 0.1) is 6.92 Å². The van der Waals surface area contributed by atoms with Crippen LogP contribution in [0.3, 0.4) is 0 Å². The third kappa shape index (κ3) is 1.95. The van der Waals surface area contributed by atoms with Gasteiger partial charge in [0.2, 0.25) is 0 Å². The number of hydrogen-bond donors (Lipinski definition) is 1. The molecular weight excluding hydrogens is 224 g/mol. The van der Waals surface area contributed by atoms with Gasteiger partial charge in [-0.2, -0.15) is 8.42 Å². The van der Waals surface area contributed by atoms with E-state index >= 15 is 0 Å². The van der Waals surface area contributed by atoms with E-state index in [1.165, 1.54) is 0 Å². The fourth-order valence-corrected chi connectivity index (χ4v) is 2.92. The van der Waals surface area contributed by atoms with Crippen LogP contribution in [0.1, 0.15) is 25.3 Å². The first-order valence-corrected chi connectivity index (χ1v) is 6.68. The number of aryl methyl sites for hydroxylation is 1. The Bertz CT molecular complexity index is 547. The van der Waals surface area contributed by atoms with E-state index in [-0.39, 0.29) is 4.90 Å². The Balaban J connectivity index is 2.53. The van der Waals surface area contributed by atoms with Crippen molar-refractivity contribution in [3.8, 4) is 0 Å². The van der Waals surface area contributed by atoms with Crippen molar-refractivity contribution >= 4 is 21.5 Å². The normalized spacial score (nSPS) is 17.2. The summed E-state index contributed by atoms with van der Waals surface area (Å²) in [4.78, 5) is 0.271. The third-order valence-electron chi connectivity index (χ3n) is 2.41. The largest absolute Gasteiger partial charge is 0.342 e. The zero-order valence-electron chi connectivity index (χ0n) is 9.32. The van der Waals surface area contributed by atoms with Crippen molar-refractivity contribution < 1.29 is 8.42 Å². The maximum absolute atomic E-state index is 11.9. The minimum Gasteiger partial charge on any atom is -0.342 e. The van der Waals surface area contributed by atoms with E-state index in [0.29, 0.717) is 17.9 Å². The van der Waals surface area contributed by atoms with Crippen LogP contribution in [-0.2, 0) is 10.0 Å². The zero-order chi connectivity index (χ0) is 11.8. The fraction of sp³-hybridized carbons (Fsp3) is 0.364. The molecule has 16 heavy (non-hydrogen) atoms. The van der Waals surface area contributed by atoms with Crippen molar-refractivity contribution in [1.82, 2.24) is 0 Å². The molecule has 4 nitrogen and oxygen atoms in total. The van der Waals surface area contributed by atoms with Crippen molar-refractivity contribution in [1.29, 1.82) is 0 Å². The number of benzene rings is 1. The van der Waals surface area contributed by atoms with Crippen LogP contribution in [0.4, 0.5) is 5.69 Å². The van der Waals surface area contributed by atoms with Crippen molar-refractivity contribution in [2.75, 3.05) is 5.32 Å². The van der Waals surface area contributed by atoms with Gasteiger partial charge in [-0.15, -0.1) is 4.40 Å². The molecule has 0 radical (unpaired) electrons. The predicted octanol–water partition coefficient (Wildman–Crippen LogP) is 2.31. The minimum atomic E-state index is -3.51. The van der Waals surface area contributed by atoms with Gasteiger partial charge < -0.3 is 5.32 Å². The van der Waals surface area contributed by atoms with Crippen molar-refractivity contribution in [2.45, 2.75) is 31.6 Å². The topological polar surface area (TPSA) is 58.5 Å². The Morgan fingerprint density at radius 2 is 2.12 bits per heavy atom. The highest BCUT2D eigenvalue weighted by Crippen LogP contribution is 2.28. The molecule has 0 atom stereocenters. The lowest BCUT2D eigenvalue weighted by Crippen LogP contribution is -2.21. The van der Waals surface area contributed by atoms with Gasteiger partial charge in [0.1, 0.15) is 10.7 Å². The third-order valence-corrected chi connectivity index (χ3v) is 3.77. The number of hydrogen-bond acceptors (Lipinski definition) is 3. The van der Waals surface area contributed by atoms with E-state index in [2.05, 4.69) is 9.71 Å². The number of anilines is 1. The summed E-state index contributed by atoms with van der Waals surface area (Å²) in [6, 6.07) is 5.31. The first-order valence-electron chi connectivity index (χ1n) is 5.24. The summed E-state index contributed by atoms with van der Waals surface area (Å²) >= 11 is 0. The van der Waals surface area contributed by atoms with Crippen molar-refractivity contribution in [3.63, 3.8) is 0 Å². The number of nitrogens with one attached hydrogen (secondary N) is 1. The van der Waals surface area contributed by atoms with E-state index in [1.807, 2.05) is 19.9 Å². The molecular formula is C11H14N2O2S. The van der Waals surface area contributed by atoms with Crippen LogP contribution in [0.15, 0.2) is 27.5 Å². The van der Waals surface area contributed by atoms with Crippen LogP contribution in [0.5, 0.6) is 0 Å². The highest BCUT2D eigenvalue weighted by Gasteiger charge is 2.24. The monoisotopic (exact) mass is 238 g/mol. The second kappa shape index (κ2) is 3.90. The summed E-state index contributed by atoms with van der Waals surface area (Å²) in [5.74, 6) is 0.527. The Labute approximate surface area is 95.5 Å². The van der Waals surface area contributed by atoms with E-state index in [9.17, 15) is 8.42 Å². The lowest BCUT2D eigenvalue weighted by Gasteiger charge is -2.18. The van der Waals surface area contributed by atoms with Crippen LogP contribution in [0.25, 0.3) is 0 Å². The van der Waals surface area contributed by atoms with E-state index in [1.54, 1.807) is 12.1 Å². The number of rotatable bonds is 2. The van der Waals surface area contributed by atoms with Gasteiger partial charge in [-0.3, -0.25) is 0 Å². The molecule has 1 N–H and O–H groups in total. The fourth-order valence-electron chi connectivity index (χ4n) is 1.66. The molecule has 1 heterocycles. The van der Waals surface area contributed by atoms with Gasteiger partial charge in [-0.1, -0.05) is 13.0 Å². The summed E-state index contributed by atoms with van der Waals surface area (Å²) in [6.45, 7) is 3.85. The molecule has 0 amide bonds. The zero-order valence-corrected chi connectivity index (χ0v) is 10.1. The summed E-state index contributed by atoms with van der Waals surface area (Å²) in [5.41, 5.74) is 1.54. The molecule has 1 aliphatic heterocycles. The van der Waals surface area contributed by atoms with Gasteiger partial charge in [-0.05, 0) is 31.0 Å². The molecule has 1 aromatic carbocycles. The van der Waals surface area contributed by atoms with E-state index in [4.69, 9.17) is 0 Å². The number of fused-ring (bicyclic) bond motifs is 1. The van der Waals surface area contributed by atoms with Crippen LogP contribution in [-0.4, -0.2) is 14.3 Å². The number of sulfonamides is 1. The minimum absolute atomic E-state index is 0.271. The molecule has 0 saturated heterocycles. The Kier molecular flexibility index (Phi) is 2.71. The van der Waals surface area contributed by atoms with Crippen molar-refractivity contribution in [3.05, 3.63) is 23.8 Å². The van der Waals surface area contributed by atoms with E-state index in [0.717, 1.165) is 12.0 Å². The highest BCUT2D eigenvalue weighted by atomic mass is 32.2. The van der Waals surface area contributed by atoms with Gasteiger partial charge in [0.05, 0.1) is 5.69 Å². The highest BCUT2D eigenvalue weighted by molar-refractivity contribution is 7.90. The Morgan fingerprint density at radius 1 is 1.38 bits per heavy atom. The Hall–Kier alpha value is -1.36.